The van der Waals surface area contributed by atoms with Crippen LogP contribution >= 0.6 is 23.1 Å². The number of hydrogen-bond acceptors (Lipinski definition) is 8. The lowest BCUT2D eigenvalue weighted by molar-refractivity contribution is -0.133. The highest BCUT2D eigenvalue weighted by molar-refractivity contribution is 8.01. The van der Waals surface area contributed by atoms with Gasteiger partial charge in [0.1, 0.15) is 0 Å². The zero-order valence-corrected chi connectivity index (χ0v) is 12.2. The van der Waals surface area contributed by atoms with Gasteiger partial charge in [-0.2, -0.15) is 0 Å². The maximum atomic E-state index is 11.9. The molecule has 0 radical (unpaired) electrons. The Morgan fingerprint density at radius 1 is 1.58 bits per heavy atom. The van der Waals surface area contributed by atoms with Crippen LogP contribution in [0.25, 0.3) is 0 Å². The van der Waals surface area contributed by atoms with E-state index in [-0.39, 0.29) is 12.0 Å². The summed E-state index contributed by atoms with van der Waals surface area (Å²) < 4.78 is 11.5. The largest absolute Gasteiger partial charge is 0.376 e. The summed E-state index contributed by atoms with van der Waals surface area (Å²) in [4.78, 5) is 13.6. The van der Waals surface area contributed by atoms with Crippen LogP contribution in [0.4, 0.5) is 5.13 Å². The van der Waals surface area contributed by atoms with E-state index in [0.29, 0.717) is 41.6 Å². The minimum absolute atomic E-state index is 0.0212. The van der Waals surface area contributed by atoms with Crippen LogP contribution in [-0.4, -0.2) is 66.3 Å². The zero-order valence-electron chi connectivity index (χ0n) is 10.6. The van der Waals surface area contributed by atoms with Gasteiger partial charge >= 0.3 is 0 Å². The summed E-state index contributed by atoms with van der Waals surface area (Å²) in [7, 11) is 1.76. The molecule has 2 rings (SSSR count). The van der Waals surface area contributed by atoms with Crippen molar-refractivity contribution >= 4 is 34.1 Å². The van der Waals surface area contributed by atoms with Crippen LogP contribution < -0.4 is 5.73 Å². The van der Waals surface area contributed by atoms with Crippen molar-refractivity contribution in [3.63, 3.8) is 0 Å². The molecule has 1 aliphatic rings. The number of nitrogens with two attached hydrogens (primary N) is 1. The lowest BCUT2D eigenvalue weighted by atomic mass is 10.3. The average molecular weight is 304 g/mol. The molecule has 2 N–H and O–H groups in total. The summed E-state index contributed by atoms with van der Waals surface area (Å²) >= 11 is 2.62. The van der Waals surface area contributed by atoms with Gasteiger partial charge in [-0.3, -0.25) is 4.79 Å². The van der Waals surface area contributed by atoms with E-state index in [1.807, 2.05) is 0 Å². The first-order valence-electron chi connectivity index (χ1n) is 5.80. The smallest absolute Gasteiger partial charge is 0.232 e. The van der Waals surface area contributed by atoms with Gasteiger partial charge in [-0.05, 0) is 0 Å². The fourth-order valence-corrected chi connectivity index (χ4v) is 3.14. The highest BCUT2D eigenvalue weighted by Crippen LogP contribution is 2.23. The highest BCUT2D eigenvalue weighted by Gasteiger charge is 2.19. The van der Waals surface area contributed by atoms with Crippen molar-refractivity contribution in [1.82, 2.24) is 15.1 Å². The number of aromatic nitrogens is 2. The second kappa shape index (κ2) is 7.04. The minimum atomic E-state index is -0.0372. The highest BCUT2D eigenvalue weighted by atomic mass is 32.2. The van der Waals surface area contributed by atoms with Crippen molar-refractivity contribution < 1.29 is 14.3 Å². The van der Waals surface area contributed by atoms with Gasteiger partial charge in [0.2, 0.25) is 11.0 Å². The Labute approximate surface area is 119 Å². The Balaban J connectivity index is 1.72. The maximum absolute atomic E-state index is 11.9. The van der Waals surface area contributed by atoms with E-state index in [9.17, 15) is 4.79 Å². The summed E-state index contributed by atoms with van der Waals surface area (Å²) in [6.45, 7) is 2.29. The second-order valence-corrected chi connectivity index (χ2v) is 6.27. The first-order valence-corrected chi connectivity index (χ1v) is 7.60. The molecule has 0 saturated carbocycles. The number of anilines is 1. The standard InChI is InChI=1S/C10H16N4O3S2/c1-14(4-7-5-16-2-3-17-7)8(15)6-18-10-13-12-9(11)19-10/h7H,2-6H2,1H3,(H2,11,12)/t7-/m1/s1. The molecule has 2 heterocycles. The van der Waals surface area contributed by atoms with Crippen LogP contribution in [0, 0.1) is 0 Å². The van der Waals surface area contributed by atoms with Gasteiger partial charge in [0.25, 0.3) is 0 Å². The predicted molar refractivity (Wildman–Crippen MR) is 73.2 cm³/mol. The molecule has 0 aliphatic carbocycles. The van der Waals surface area contributed by atoms with E-state index >= 15 is 0 Å². The Hall–Kier alpha value is -0.900. The monoisotopic (exact) mass is 304 g/mol. The van der Waals surface area contributed by atoms with E-state index in [1.165, 1.54) is 23.1 Å². The Kier molecular flexibility index (Phi) is 5.37. The van der Waals surface area contributed by atoms with Crippen molar-refractivity contribution in [2.75, 3.05) is 44.9 Å². The zero-order chi connectivity index (χ0) is 13.7. The van der Waals surface area contributed by atoms with E-state index in [2.05, 4.69) is 10.2 Å². The van der Waals surface area contributed by atoms with Gasteiger partial charge < -0.3 is 20.1 Å². The number of hydrogen-bond donors (Lipinski definition) is 1. The number of nitrogen functional groups attached to an aromatic ring is 1. The summed E-state index contributed by atoms with van der Waals surface area (Å²) in [5, 5.41) is 7.96. The molecule has 9 heteroatoms. The molecule has 0 aromatic carbocycles. The molecule has 1 fully saturated rings. The maximum Gasteiger partial charge on any atom is 0.232 e. The molecule has 0 unspecified atom stereocenters. The fraction of sp³-hybridized carbons (Fsp3) is 0.700. The number of carbonyl (C=O) groups is 1. The second-order valence-electron chi connectivity index (χ2n) is 4.04. The van der Waals surface area contributed by atoms with Crippen LogP contribution in [-0.2, 0) is 14.3 Å². The molecular formula is C10H16N4O3S2. The van der Waals surface area contributed by atoms with Gasteiger partial charge in [-0.25, -0.2) is 0 Å². The number of ether oxygens (including phenoxy) is 2. The molecule has 0 spiro atoms. The third kappa shape index (κ3) is 4.60. The SMILES string of the molecule is CN(C[C@@H]1COCCO1)C(=O)CSc1nnc(N)s1. The predicted octanol–water partition coefficient (Wildman–Crippen LogP) is 0.0862. The van der Waals surface area contributed by atoms with Gasteiger partial charge in [0, 0.05) is 13.6 Å². The summed E-state index contributed by atoms with van der Waals surface area (Å²) in [5.41, 5.74) is 5.47. The van der Waals surface area contributed by atoms with E-state index in [1.54, 1.807) is 11.9 Å². The van der Waals surface area contributed by atoms with E-state index < -0.39 is 0 Å². The van der Waals surface area contributed by atoms with E-state index in [0.717, 1.165) is 0 Å². The Bertz CT molecular complexity index is 423. The summed E-state index contributed by atoms with van der Waals surface area (Å²) in [6, 6.07) is 0. The van der Waals surface area contributed by atoms with Crippen LogP contribution in [0.1, 0.15) is 0 Å². The molecule has 1 atom stereocenters. The summed E-state index contributed by atoms with van der Waals surface area (Å²) in [6.07, 6.45) is -0.0372. The van der Waals surface area contributed by atoms with Crippen molar-refractivity contribution in [1.29, 1.82) is 0 Å². The first kappa shape index (κ1) is 14.5. The molecule has 106 valence electrons. The van der Waals surface area contributed by atoms with Gasteiger partial charge in [0.15, 0.2) is 4.34 Å². The molecule has 1 aliphatic heterocycles. The first-order chi connectivity index (χ1) is 9.15. The van der Waals surface area contributed by atoms with Crippen LogP contribution in [0.2, 0.25) is 0 Å². The molecule has 1 aromatic heterocycles. The molecule has 19 heavy (non-hydrogen) atoms. The number of thioether (sulfide) groups is 1. The molecular weight excluding hydrogens is 288 g/mol. The van der Waals surface area contributed by atoms with Crippen molar-refractivity contribution in [2.24, 2.45) is 0 Å². The topological polar surface area (TPSA) is 90.6 Å². The minimum Gasteiger partial charge on any atom is -0.376 e. The van der Waals surface area contributed by atoms with Crippen molar-refractivity contribution in [2.45, 2.75) is 10.4 Å². The molecule has 1 aromatic rings. The third-order valence-corrected chi connectivity index (χ3v) is 4.40. The number of rotatable bonds is 5. The van der Waals surface area contributed by atoms with Gasteiger partial charge in [0.05, 0.1) is 31.7 Å². The number of likely N-dealkylation sites (N-methyl/N-ethyl adjacent to an activating group) is 1. The Morgan fingerprint density at radius 2 is 2.42 bits per heavy atom. The summed E-state index contributed by atoms with van der Waals surface area (Å²) in [5.74, 6) is 0.339. The van der Waals surface area contributed by atoms with Crippen LogP contribution in [0.15, 0.2) is 4.34 Å². The molecule has 1 amide bonds. The average Bonchev–Trinajstić information content (AvgIpc) is 2.83. The number of carbonyl (C=O) groups excluding carboxylic acids is 1. The van der Waals surface area contributed by atoms with E-state index in [4.69, 9.17) is 15.2 Å². The normalized spacial score (nSPS) is 19.3. The number of nitrogens with zero attached hydrogens (tertiary/aromatic N) is 3. The van der Waals surface area contributed by atoms with Gasteiger partial charge in [-0.15, -0.1) is 10.2 Å². The van der Waals surface area contributed by atoms with Crippen molar-refractivity contribution in [3.8, 4) is 0 Å². The third-order valence-electron chi connectivity index (χ3n) is 2.53. The molecule has 0 bridgehead atoms. The van der Waals surface area contributed by atoms with Gasteiger partial charge in [-0.1, -0.05) is 23.1 Å². The molecule has 1 saturated heterocycles. The van der Waals surface area contributed by atoms with Crippen molar-refractivity contribution in [3.05, 3.63) is 0 Å². The fourth-order valence-electron chi connectivity index (χ4n) is 1.56. The molecule has 7 nitrogen and oxygen atoms in total. The quantitative estimate of drug-likeness (QED) is 0.771. The lowest BCUT2D eigenvalue weighted by Gasteiger charge is -2.27. The number of amides is 1. The lowest BCUT2D eigenvalue weighted by Crippen LogP contribution is -2.41. The Morgan fingerprint density at radius 3 is 3.05 bits per heavy atom. The van der Waals surface area contributed by atoms with Crippen LogP contribution in [0.5, 0.6) is 0 Å². The van der Waals surface area contributed by atoms with Crippen LogP contribution in [0.3, 0.4) is 0 Å².